The number of hydrogen-bond acceptors (Lipinski definition) is 7. The first-order valence-corrected chi connectivity index (χ1v) is 10.6. The van der Waals surface area contributed by atoms with E-state index < -0.39 is 5.54 Å². The Labute approximate surface area is 173 Å². The number of thiazole rings is 1. The molecule has 2 aromatic rings. The van der Waals surface area contributed by atoms with Gasteiger partial charge in [-0.1, -0.05) is 0 Å². The van der Waals surface area contributed by atoms with E-state index in [0.29, 0.717) is 42.6 Å². The summed E-state index contributed by atoms with van der Waals surface area (Å²) in [5, 5.41) is 0. The van der Waals surface area contributed by atoms with Crippen molar-refractivity contribution in [2.75, 3.05) is 31.7 Å². The SMILES string of the molecule is COCCN1C(=O)Cc2c(C)nc([C@@]3(C)CCCN3C(=O)c3scnc3C)nc21. The van der Waals surface area contributed by atoms with Gasteiger partial charge in [0, 0.05) is 24.9 Å². The molecule has 2 aromatic heterocycles. The van der Waals surface area contributed by atoms with E-state index >= 15 is 0 Å². The third-order valence-corrected chi connectivity index (χ3v) is 6.82. The Morgan fingerprint density at radius 3 is 2.79 bits per heavy atom. The molecule has 1 atom stereocenters. The molecule has 8 nitrogen and oxygen atoms in total. The molecule has 0 bridgehead atoms. The largest absolute Gasteiger partial charge is 0.383 e. The number of anilines is 1. The van der Waals surface area contributed by atoms with E-state index in [-0.39, 0.29) is 11.8 Å². The molecular formula is C20H25N5O3S. The number of nitrogens with zero attached hydrogens (tertiary/aromatic N) is 5. The van der Waals surface area contributed by atoms with E-state index in [1.165, 1.54) is 11.3 Å². The predicted molar refractivity (Wildman–Crippen MR) is 109 cm³/mol. The number of aromatic nitrogens is 3. The fraction of sp³-hybridized carbons (Fsp3) is 0.550. The van der Waals surface area contributed by atoms with Gasteiger partial charge in [0.25, 0.3) is 5.91 Å². The van der Waals surface area contributed by atoms with Gasteiger partial charge in [-0.3, -0.25) is 14.5 Å². The number of methoxy groups -OCH3 is 1. The Bertz CT molecular complexity index is 975. The zero-order chi connectivity index (χ0) is 20.8. The molecule has 2 amide bonds. The van der Waals surface area contributed by atoms with Crippen LogP contribution in [0.1, 0.15) is 52.2 Å². The molecule has 154 valence electrons. The molecule has 1 fully saturated rings. The molecule has 0 unspecified atom stereocenters. The molecule has 9 heteroatoms. The molecule has 4 heterocycles. The first-order chi connectivity index (χ1) is 13.9. The molecule has 2 aliphatic rings. The van der Waals surface area contributed by atoms with E-state index in [1.807, 2.05) is 25.7 Å². The van der Waals surface area contributed by atoms with E-state index in [1.54, 1.807) is 17.5 Å². The van der Waals surface area contributed by atoms with E-state index in [9.17, 15) is 9.59 Å². The summed E-state index contributed by atoms with van der Waals surface area (Å²) >= 11 is 1.36. The lowest BCUT2D eigenvalue weighted by molar-refractivity contribution is -0.117. The van der Waals surface area contributed by atoms with Crippen LogP contribution >= 0.6 is 11.3 Å². The number of hydrogen-bond donors (Lipinski definition) is 0. The van der Waals surface area contributed by atoms with Gasteiger partial charge in [-0.25, -0.2) is 15.0 Å². The number of rotatable bonds is 5. The third kappa shape index (κ3) is 3.22. The highest BCUT2D eigenvalue weighted by Crippen LogP contribution is 2.40. The molecule has 4 rings (SSSR count). The van der Waals surface area contributed by atoms with Crippen molar-refractivity contribution in [1.82, 2.24) is 19.9 Å². The zero-order valence-corrected chi connectivity index (χ0v) is 18.0. The maximum absolute atomic E-state index is 13.3. The second-order valence-electron chi connectivity index (χ2n) is 7.75. The van der Waals surface area contributed by atoms with Crippen LogP contribution in [0.4, 0.5) is 5.82 Å². The summed E-state index contributed by atoms with van der Waals surface area (Å²) in [6, 6.07) is 0. The number of aryl methyl sites for hydroxylation is 2. The highest BCUT2D eigenvalue weighted by atomic mass is 32.1. The summed E-state index contributed by atoms with van der Waals surface area (Å²) in [5.41, 5.74) is 3.49. The van der Waals surface area contributed by atoms with Crippen molar-refractivity contribution >= 4 is 29.0 Å². The Balaban J connectivity index is 1.73. The number of fused-ring (bicyclic) bond motifs is 1. The number of likely N-dealkylation sites (tertiary alicyclic amines) is 1. The molecule has 0 saturated carbocycles. The van der Waals surface area contributed by atoms with Crippen molar-refractivity contribution in [2.45, 2.75) is 45.6 Å². The zero-order valence-electron chi connectivity index (χ0n) is 17.2. The maximum Gasteiger partial charge on any atom is 0.266 e. The monoisotopic (exact) mass is 415 g/mol. The molecule has 0 radical (unpaired) electrons. The summed E-state index contributed by atoms with van der Waals surface area (Å²) in [4.78, 5) is 43.8. The highest BCUT2D eigenvalue weighted by molar-refractivity contribution is 7.11. The minimum atomic E-state index is -0.619. The molecule has 2 aliphatic heterocycles. The summed E-state index contributed by atoms with van der Waals surface area (Å²) in [6.07, 6.45) is 1.97. The van der Waals surface area contributed by atoms with Crippen molar-refractivity contribution in [3.63, 3.8) is 0 Å². The van der Waals surface area contributed by atoms with E-state index in [2.05, 4.69) is 4.98 Å². The van der Waals surface area contributed by atoms with Gasteiger partial charge >= 0.3 is 0 Å². The Morgan fingerprint density at radius 2 is 2.10 bits per heavy atom. The smallest absolute Gasteiger partial charge is 0.266 e. The van der Waals surface area contributed by atoms with Gasteiger partial charge in [0.1, 0.15) is 16.2 Å². The first kappa shape index (κ1) is 19.9. The van der Waals surface area contributed by atoms with Crippen molar-refractivity contribution in [3.05, 3.63) is 33.2 Å². The van der Waals surface area contributed by atoms with Gasteiger partial charge in [0.05, 0.1) is 30.8 Å². The van der Waals surface area contributed by atoms with Crippen LogP contribution in [-0.4, -0.2) is 58.5 Å². The van der Waals surface area contributed by atoms with Crippen LogP contribution in [-0.2, 0) is 21.5 Å². The first-order valence-electron chi connectivity index (χ1n) is 9.76. The summed E-state index contributed by atoms with van der Waals surface area (Å²) in [6.45, 7) is 7.33. The second kappa shape index (κ2) is 7.46. The van der Waals surface area contributed by atoms with Gasteiger partial charge in [-0.2, -0.15) is 0 Å². The van der Waals surface area contributed by atoms with E-state index in [0.717, 1.165) is 29.8 Å². The molecule has 0 spiro atoms. The minimum absolute atomic E-state index is 0.0105. The standard InChI is InChI=1S/C20H25N5O3S/c1-12-14-10-15(26)24(8-9-28-4)17(14)23-19(22-12)20(3)6-5-7-25(20)18(27)16-13(2)21-11-29-16/h11H,5-10H2,1-4H3/t20-/m1/s1. The van der Waals surface area contributed by atoms with Crippen LogP contribution in [0.3, 0.4) is 0 Å². The number of carbonyl (C=O) groups excluding carboxylic acids is 2. The lowest BCUT2D eigenvalue weighted by Gasteiger charge is -2.34. The van der Waals surface area contributed by atoms with Gasteiger partial charge in [-0.05, 0) is 33.6 Å². The van der Waals surface area contributed by atoms with Crippen molar-refractivity contribution in [1.29, 1.82) is 0 Å². The van der Waals surface area contributed by atoms with Gasteiger partial charge in [0.2, 0.25) is 5.91 Å². The Morgan fingerprint density at radius 1 is 1.31 bits per heavy atom. The molecule has 0 aromatic carbocycles. The fourth-order valence-corrected chi connectivity index (χ4v) is 4.93. The molecule has 0 aliphatic carbocycles. The summed E-state index contributed by atoms with van der Waals surface area (Å²) < 4.78 is 5.15. The van der Waals surface area contributed by atoms with Gasteiger partial charge in [-0.15, -0.1) is 11.3 Å². The number of amides is 2. The fourth-order valence-electron chi connectivity index (χ4n) is 4.18. The normalized spacial score (nSPS) is 21.2. The van der Waals surface area contributed by atoms with Crippen molar-refractivity contribution in [2.24, 2.45) is 0 Å². The summed E-state index contributed by atoms with van der Waals surface area (Å²) in [5.74, 6) is 1.23. The Kier molecular flexibility index (Phi) is 5.12. The van der Waals surface area contributed by atoms with Crippen molar-refractivity contribution < 1.29 is 14.3 Å². The lowest BCUT2D eigenvalue weighted by atomic mass is 9.96. The topological polar surface area (TPSA) is 88.5 Å². The highest BCUT2D eigenvalue weighted by Gasteiger charge is 2.45. The minimum Gasteiger partial charge on any atom is -0.383 e. The average Bonchev–Trinajstić information content (AvgIpc) is 3.37. The number of ether oxygens (including phenoxy) is 1. The molecule has 0 N–H and O–H groups in total. The van der Waals surface area contributed by atoms with Crippen LogP contribution in [0.2, 0.25) is 0 Å². The second-order valence-corrected chi connectivity index (χ2v) is 8.61. The van der Waals surface area contributed by atoms with E-state index in [4.69, 9.17) is 14.7 Å². The van der Waals surface area contributed by atoms with Crippen molar-refractivity contribution in [3.8, 4) is 0 Å². The average molecular weight is 416 g/mol. The molecular weight excluding hydrogens is 390 g/mol. The van der Waals surface area contributed by atoms with Crippen LogP contribution in [0.15, 0.2) is 5.51 Å². The quantitative estimate of drug-likeness (QED) is 0.744. The van der Waals surface area contributed by atoms with Crippen LogP contribution in [0.5, 0.6) is 0 Å². The van der Waals surface area contributed by atoms with Crippen LogP contribution in [0.25, 0.3) is 0 Å². The third-order valence-electron chi connectivity index (χ3n) is 5.90. The molecule has 1 saturated heterocycles. The lowest BCUT2D eigenvalue weighted by Crippen LogP contribution is -2.44. The predicted octanol–water partition coefficient (Wildman–Crippen LogP) is 2.24. The van der Waals surface area contributed by atoms with Gasteiger partial charge < -0.3 is 9.64 Å². The Hall–Kier alpha value is -2.39. The maximum atomic E-state index is 13.3. The molecule has 29 heavy (non-hydrogen) atoms. The van der Waals surface area contributed by atoms with Crippen LogP contribution < -0.4 is 4.90 Å². The summed E-state index contributed by atoms with van der Waals surface area (Å²) in [7, 11) is 1.61. The van der Waals surface area contributed by atoms with Gasteiger partial charge in [0.15, 0.2) is 5.82 Å². The number of carbonyl (C=O) groups is 2. The van der Waals surface area contributed by atoms with Crippen LogP contribution in [0, 0.1) is 13.8 Å².